The summed E-state index contributed by atoms with van der Waals surface area (Å²) in [6.07, 6.45) is 5.16. The van der Waals surface area contributed by atoms with Gasteiger partial charge in [0.25, 0.3) is 0 Å². The number of carbonyl (C=O) groups excluding carboxylic acids is 1. The third-order valence-corrected chi connectivity index (χ3v) is 4.49. The van der Waals surface area contributed by atoms with Gasteiger partial charge in [-0.15, -0.1) is 6.42 Å². The third-order valence-electron chi connectivity index (χ3n) is 4.49. The number of nitrogens with one attached hydrogen (secondary N) is 1. The quantitative estimate of drug-likeness (QED) is 0.852. The zero-order chi connectivity index (χ0) is 16.8. The molecule has 1 N–H and O–H groups in total. The summed E-state index contributed by atoms with van der Waals surface area (Å²) in [5, 5.41) is 5.34. The molecule has 124 valence electrons. The van der Waals surface area contributed by atoms with Crippen LogP contribution in [0.3, 0.4) is 0 Å². The maximum atomic E-state index is 11.7. The Kier molecular flexibility index (Phi) is 5.47. The molecule has 4 nitrogen and oxygen atoms in total. The van der Waals surface area contributed by atoms with E-state index in [4.69, 9.17) is 6.42 Å². The fraction of sp³-hybridized carbons (Fsp3) is 0.350. The number of amides is 1. The Labute approximate surface area is 143 Å². The zero-order valence-corrected chi connectivity index (χ0v) is 13.9. The Morgan fingerprint density at radius 3 is 2.54 bits per heavy atom. The molecule has 0 bridgehead atoms. The van der Waals surface area contributed by atoms with Crippen LogP contribution in [0.4, 0.5) is 0 Å². The van der Waals surface area contributed by atoms with E-state index < -0.39 is 0 Å². The fourth-order valence-electron chi connectivity index (χ4n) is 3.19. The summed E-state index contributed by atoms with van der Waals surface area (Å²) < 4.78 is 0. The van der Waals surface area contributed by atoms with Crippen molar-refractivity contribution in [3.05, 3.63) is 48.0 Å². The number of piperazine rings is 1. The van der Waals surface area contributed by atoms with Crippen molar-refractivity contribution < 1.29 is 4.79 Å². The van der Waals surface area contributed by atoms with Gasteiger partial charge in [-0.25, -0.2) is 0 Å². The number of rotatable bonds is 5. The minimum Gasteiger partial charge on any atom is -0.344 e. The summed E-state index contributed by atoms with van der Waals surface area (Å²) in [5.74, 6) is 2.44. The van der Waals surface area contributed by atoms with Gasteiger partial charge in [0.2, 0.25) is 5.91 Å². The van der Waals surface area contributed by atoms with E-state index in [1.54, 1.807) is 0 Å². The number of fused-ring (bicyclic) bond motifs is 1. The van der Waals surface area contributed by atoms with E-state index in [0.717, 1.165) is 32.7 Å². The van der Waals surface area contributed by atoms with Crippen molar-refractivity contribution in [2.45, 2.75) is 6.54 Å². The Balaban J connectivity index is 1.54. The Morgan fingerprint density at radius 1 is 1.04 bits per heavy atom. The average molecular weight is 321 g/mol. The number of terminal acetylenes is 1. The number of hydrogen-bond acceptors (Lipinski definition) is 3. The third kappa shape index (κ3) is 4.14. The predicted molar refractivity (Wildman–Crippen MR) is 97.5 cm³/mol. The lowest BCUT2D eigenvalue weighted by Gasteiger charge is -2.34. The minimum atomic E-state index is 0.00968. The van der Waals surface area contributed by atoms with Crippen LogP contribution in [0.25, 0.3) is 10.8 Å². The van der Waals surface area contributed by atoms with Crippen molar-refractivity contribution in [2.75, 3.05) is 39.3 Å². The summed E-state index contributed by atoms with van der Waals surface area (Å²) in [6.45, 7) is 5.47. The molecular formula is C20H23N3O. The highest BCUT2D eigenvalue weighted by atomic mass is 16.2. The molecule has 2 aromatic carbocycles. The van der Waals surface area contributed by atoms with Gasteiger partial charge in [-0.2, -0.15) is 0 Å². The van der Waals surface area contributed by atoms with Gasteiger partial charge in [0.1, 0.15) is 0 Å². The second-order valence-electron chi connectivity index (χ2n) is 6.17. The minimum absolute atomic E-state index is 0.00968. The highest BCUT2D eigenvalue weighted by molar-refractivity contribution is 5.85. The second kappa shape index (κ2) is 7.96. The first kappa shape index (κ1) is 16.5. The molecule has 1 saturated heterocycles. The number of benzene rings is 2. The highest BCUT2D eigenvalue weighted by Crippen LogP contribution is 2.20. The van der Waals surface area contributed by atoms with Gasteiger partial charge in [0.05, 0.1) is 13.1 Å². The van der Waals surface area contributed by atoms with E-state index in [0.29, 0.717) is 13.1 Å². The van der Waals surface area contributed by atoms with Gasteiger partial charge >= 0.3 is 0 Å². The Morgan fingerprint density at radius 2 is 1.75 bits per heavy atom. The summed E-state index contributed by atoms with van der Waals surface area (Å²) in [4.78, 5) is 16.4. The van der Waals surface area contributed by atoms with Gasteiger partial charge in [0, 0.05) is 32.7 Å². The van der Waals surface area contributed by atoms with Crippen molar-refractivity contribution >= 4 is 16.7 Å². The maximum absolute atomic E-state index is 11.7. The van der Waals surface area contributed by atoms with Crippen LogP contribution in [0, 0.1) is 12.3 Å². The second-order valence-corrected chi connectivity index (χ2v) is 6.17. The predicted octanol–water partition coefficient (Wildman–Crippen LogP) is 1.71. The molecule has 0 radical (unpaired) electrons. The highest BCUT2D eigenvalue weighted by Gasteiger charge is 2.19. The van der Waals surface area contributed by atoms with E-state index in [1.807, 2.05) is 0 Å². The number of hydrogen-bond donors (Lipinski definition) is 1. The molecule has 4 heteroatoms. The SMILES string of the molecule is C#CCNC(=O)CN1CCN(Cc2cccc3ccccc23)CC1. The topological polar surface area (TPSA) is 35.6 Å². The molecule has 1 amide bonds. The van der Waals surface area contributed by atoms with Gasteiger partial charge in [-0.05, 0) is 16.3 Å². The lowest BCUT2D eigenvalue weighted by atomic mass is 10.0. The molecule has 24 heavy (non-hydrogen) atoms. The van der Waals surface area contributed by atoms with Gasteiger partial charge in [0.15, 0.2) is 0 Å². The normalized spacial score (nSPS) is 16.0. The lowest BCUT2D eigenvalue weighted by Crippen LogP contribution is -2.49. The smallest absolute Gasteiger partial charge is 0.234 e. The van der Waals surface area contributed by atoms with E-state index >= 15 is 0 Å². The molecule has 0 aliphatic carbocycles. The first-order valence-electron chi connectivity index (χ1n) is 8.38. The Hall–Kier alpha value is -2.35. The van der Waals surface area contributed by atoms with Crippen LogP contribution in [0.15, 0.2) is 42.5 Å². The van der Waals surface area contributed by atoms with E-state index in [1.165, 1.54) is 16.3 Å². The van der Waals surface area contributed by atoms with Crippen molar-refractivity contribution in [1.29, 1.82) is 0 Å². The van der Waals surface area contributed by atoms with E-state index in [-0.39, 0.29) is 5.91 Å². The van der Waals surface area contributed by atoms with Crippen LogP contribution in [0.5, 0.6) is 0 Å². The van der Waals surface area contributed by atoms with Crippen LogP contribution in [0.1, 0.15) is 5.56 Å². The molecule has 1 aliphatic rings. The summed E-state index contributed by atoms with van der Waals surface area (Å²) in [5.41, 5.74) is 1.37. The van der Waals surface area contributed by atoms with Crippen molar-refractivity contribution in [3.63, 3.8) is 0 Å². The molecule has 0 spiro atoms. The van der Waals surface area contributed by atoms with Crippen LogP contribution in [-0.4, -0.2) is 55.0 Å². The average Bonchev–Trinajstić information content (AvgIpc) is 2.62. The molecule has 1 aliphatic heterocycles. The van der Waals surface area contributed by atoms with E-state index in [9.17, 15) is 4.79 Å². The van der Waals surface area contributed by atoms with Crippen LogP contribution in [-0.2, 0) is 11.3 Å². The first-order chi connectivity index (χ1) is 11.8. The van der Waals surface area contributed by atoms with Crippen molar-refractivity contribution in [3.8, 4) is 12.3 Å². The van der Waals surface area contributed by atoms with E-state index in [2.05, 4.69) is 63.5 Å². The summed E-state index contributed by atoms with van der Waals surface area (Å²) >= 11 is 0. The van der Waals surface area contributed by atoms with Crippen LogP contribution < -0.4 is 5.32 Å². The van der Waals surface area contributed by atoms with Crippen LogP contribution in [0.2, 0.25) is 0 Å². The van der Waals surface area contributed by atoms with Gasteiger partial charge in [-0.1, -0.05) is 48.4 Å². The molecule has 0 unspecified atom stereocenters. The zero-order valence-electron chi connectivity index (χ0n) is 13.9. The summed E-state index contributed by atoms with van der Waals surface area (Å²) in [6, 6.07) is 15.0. The Bertz CT molecular complexity index is 737. The largest absolute Gasteiger partial charge is 0.344 e. The first-order valence-corrected chi connectivity index (χ1v) is 8.38. The maximum Gasteiger partial charge on any atom is 0.234 e. The molecule has 0 aromatic heterocycles. The fourth-order valence-corrected chi connectivity index (χ4v) is 3.19. The molecule has 2 aromatic rings. The molecule has 0 saturated carbocycles. The molecule has 0 atom stereocenters. The van der Waals surface area contributed by atoms with Gasteiger partial charge < -0.3 is 5.32 Å². The standard InChI is InChI=1S/C20H23N3O/c1-2-10-21-20(24)16-23-13-11-22(12-14-23)15-18-8-5-7-17-6-3-4-9-19(17)18/h1,3-9H,10-16H2,(H,21,24). The molecule has 1 fully saturated rings. The summed E-state index contributed by atoms with van der Waals surface area (Å²) in [7, 11) is 0. The monoisotopic (exact) mass is 321 g/mol. The van der Waals surface area contributed by atoms with Crippen molar-refractivity contribution in [1.82, 2.24) is 15.1 Å². The number of nitrogens with zero attached hydrogens (tertiary/aromatic N) is 2. The van der Waals surface area contributed by atoms with Crippen molar-refractivity contribution in [2.24, 2.45) is 0 Å². The molecule has 1 heterocycles. The molecule has 3 rings (SSSR count). The van der Waals surface area contributed by atoms with Gasteiger partial charge in [-0.3, -0.25) is 14.6 Å². The molecular weight excluding hydrogens is 298 g/mol. The lowest BCUT2D eigenvalue weighted by molar-refractivity contribution is -0.122. The van der Waals surface area contributed by atoms with Crippen LogP contribution >= 0.6 is 0 Å². The number of carbonyl (C=O) groups is 1.